The van der Waals surface area contributed by atoms with Crippen LogP contribution < -0.4 is 5.73 Å². The Morgan fingerprint density at radius 2 is 2.11 bits per heavy atom. The summed E-state index contributed by atoms with van der Waals surface area (Å²) in [6.07, 6.45) is 0. The Bertz CT molecular complexity index is 452. The molecule has 18 heavy (non-hydrogen) atoms. The van der Waals surface area contributed by atoms with Crippen molar-refractivity contribution in [3.05, 3.63) is 26.6 Å². The van der Waals surface area contributed by atoms with Crippen LogP contribution in [0, 0.1) is 5.92 Å². The fourth-order valence-corrected chi connectivity index (χ4v) is 2.98. The highest BCUT2D eigenvalue weighted by Gasteiger charge is 2.15. The van der Waals surface area contributed by atoms with E-state index in [2.05, 4.69) is 31.9 Å². The highest BCUT2D eigenvalue weighted by molar-refractivity contribution is 9.11. The van der Waals surface area contributed by atoms with Gasteiger partial charge in [0.25, 0.3) is 0 Å². The molecule has 0 bridgehead atoms. The van der Waals surface area contributed by atoms with Gasteiger partial charge in [0.2, 0.25) is 0 Å². The summed E-state index contributed by atoms with van der Waals surface area (Å²) in [4.78, 5) is 12.7. The van der Waals surface area contributed by atoms with Crippen molar-refractivity contribution in [3.63, 3.8) is 0 Å². The number of nitrogen functional groups attached to an aromatic ring is 1. The smallest absolute Gasteiger partial charge is 0.307 e. The molecular formula is C12H16Br2N2O2. The third kappa shape index (κ3) is 4.26. The zero-order chi connectivity index (χ0) is 13.9. The van der Waals surface area contributed by atoms with Gasteiger partial charge in [-0.05, 0) is 40.7 Å². The molecule has 0 amide bonds. The quantitative estimate of drug-likeness (QED) is 0.772. The lowest BCUT2D eigenvalue weighted by atomic mass is 10.1. The predicted octanol–water partition coefficient (Wildman–Crippen LogP) is 2.95. The zero-order valence-electron chi connectivity index (χ0n) is 10.3. The molecular weight excluding hydrogens is 364 g/mol. The van der Waals surface area contributed by atoms with Crippen molar-refractivity contribution < 1.29 is 9.90 Å². The van der Waals surface area contributed by atoms with E-state index in [-0.39, 0.29) is 0 Å². The van der Waals surface area contributed by atoms with Gasteiger partial charge in [-0.25, -0.2) is 0 Å². The summed E-state index contributed by atoms with van der Waals surface area (Å²) >= 11 is 6.81. The molecule has 6 heteroatoms. The van der Waals surface area contributed by atoms with Gasteiger partial charge in [0, 0.05) is 22.0 Å². The van der Waals surface area contributed by atoms with Crippen LogP contribution in [0.3, 0.4) is 0 Å². The van der Waals surface area contributed by atoms with Crippen LogP contribution in [-0.2, 0) is 11.3 Å². The van der Waals surface area contributed by atoms with E-state index in [0.29, 0.717) is 18.8 Å². The van der Waals surface area contributed by atoms with Gasteiger partial charge < -0.3 is 15.7 Å². The van der Waals surface area contributed by atoms with E-state index in [4.69, 9.17) is 10.8 Å². The minimum atomic E-state index is -0.787. The molecule has 3 N–H and O–H groups in total. The molecule has 0 aliphatic rings. The third-order valence-corrected chi connectivity index (χ3v) is 3.74. The van der Waals surface area contributed by atoms with E-state index in [1.54, 1.807) is 6.92 Å². The Morgan fingerprint density at radius 3 is 2.67 bits per heavy atom. The monoisotopic (exact) mass is 378 g/mol. The van der Waals surface area contributed by atoms with Gasteiger partial charge in [-0.1, -0.05) is 22.9 Å². The number of benzene rings is 1. The van der Waals surface area contributed by atoms with Crippen molar-refractivity contribution in [2.45, 2.75) is 13.5 Å². The lowest BCUT2D eigenvalue weighted by Crippen LogP contribution is -2.28. The van der Waals surface area contributed by atoms with Crippen molar-refractivity contribution in [1.82, 2.24) is 4.90 Å². The van der Waals surface area contributed by atoms with Crippen molar-refractivity contribution in [3.8, 4) is 0 Å². The average Bonchev–Trinajstić information content (AvgIpc) is 2.24. The van der Waals surface area contributed by atoms with E-state index in [9.17, 15) is 4.79 Å². The van der Waals surface area contributed by atoms with Crippen LogP contribution in [0.25, 0.3) is 0 Å². The Morgan fingerprint density at radius 1 is 1.50 bits per heavy atom. The van der Waals surface area contributed by atoms with Crippen LogP contribution in [0.1, 0.15) is 12.5 Å². The molecule has 0 fully saturated rings. The van der Waals surface area contributed by atoms with E-state index >= 15 is 0 Å². The molecule has 0 aromatic heterocycles. The molecule has 0 radical (unpaired) electrons. The first-order chi connectivity index (χ1) is 8.31. The van der Waals surface area contributed by atoms with Crippen LogP contribution >= 0.6 is 31.9 Å². The number of aliphatic carboxylic acids is 1. The normalized spacial score (nSPS) is 12.7. The second kappa shape index (κ2) is 6.54. The maximum absolute atomic E-state index is 10.8. The molecule has 0 saturated carbocycles. The standard InChI is InChI=1S/C12H16Br2N2O2/c1-7(12(17)18)5-16(2)6-8-3-9(13)4-10(14)11(8)15/h3-4,7H,5-6,15H2,1-2H3,(H,17,18). The number of hydrogen-bond acceptors (Lipinski definition) is 3. The number of halogens is 2. The van der Waals surface area contributed by atoms with E-state index in [1.165, 1.54) is 0 Å². The molecule has 0 aliphatic heterocycles. The molecule has 4 nitrogen and oxygen atoms in total. The number of hydrogen-bond donors (Lipinski definition) is 2. The summed E-state index contributed by atoms with van der Waals surface area (Å²) in [6, 6.07) is 3.83. The minimum absolute atomic E-state index is 0.396. The topological polar surface area (TPSA) is 66.6 Å². The first-order valence-corrected chi connectivity index (χ1v) is 7.04. The third-order valence-electron chi connectivity index (χ3n) is 2.63. The fourth-order valence-electron chi connectivity index (χ4n) is 1.67. The number of nitrogens with zero attached hydrogens (tertiary/aromatic N) is 1. The van der Waals surface area contributed by atoms with Crippen LogP contribution in [0.4, 0.5) is 5.69 Å². The summed E-state index contributed by atoms with van der Waals surface area (Å²) in [5.74, 6) is -1.18. The summed E-state index contributed by atoms with van der Waals surface area (Å²) in [7, 11) is 1.88. The Labute approximate surface area is 123 Å². The Kier molecular flexibility index (Phi) is 5.62. The van der Waals surface area contributed by atoms with Crippen LogP contribution in [0.5, 0.6) is 0 Å². The minimum Gasteiger partial charge on any atom is -0.481 e. The maximum atomic E-state index is 10.8. The van der Waals surface area contributed by atoms with Crippen molar-refractivity contribution in [2.24, 2.45) is 5.92 Å². The molecule has 0 saturated heterocycles. The van der Waals surface area contributed by atoms with Crippen LogP contribution in [0.2, 0.25) is 0 Å². The zero-order valence-corrected chi connectivity index (χ0v) is 13.5. The summed E-state index contributed by atoms with van der Waals surface area (Å²) in [5.41, 5.74) is 7.64. The van der Waals surface area contributed by atoms with Crippen molar-refractivity contribution in [1.29, 1.82) is 0 Å². The molecule has 1 atom stereocenters. The number of carbonyl (C=O) groups is 1. The summed E-state index contributed by atoms with van der Waals surface area (Å²) in [5, 5.41) is 8.87. The van der Waals surface area contributed by atoms with Gasteiger partial charge in [-0.3, -0.25) is 4.79 Å². The second-order valence-electron chi connectivity index (χ2n) is 4.40. The Hall–Kier alpha value is -0.590. The average molecular weight is 380 g/mol. The largest absolute Gasteiger partial charge is 0.481 e. The number of carboxylic acid groups (broad SMARTS) is 1. The van der Waals surface area contributed by atoms with Crippen molar-refractivity contribution >= 4 is 43.5 Å². The molecule has 1 aromatic carbocycles. The number of anilines is 1. The van der Waals surface area contributed by atoms with Gasteiger partial charge in [0.1, 0.15) is 0 Å². The van der Waals surface area contributed by atoms with Gasteiger partial charge in [0.15, 0.2) is 0 Å². The lowest BCUT2D eigenvalue weighted by molar-refractivity contribution is -0.141. The SMILES string of the molecule is CC(CN(C)Cc1cc(Br)cc(Br)c1N)C(=O)O. The van der Waals surface area contributed by atoms with Gasteiger partial charge in [-0.2, -0.15) is 0 Å². The van der Waals surface area contributed by atoms with Gasteiger partial charge in [-0.15, -0.1) is 0 Å². The molecule has 0 heterocycles. The molecule has 0 aliphatic carbocycles. The summed E-state index contributed by atoms with van der Waals surface area (Å²) < 4.78 is 1.78. The number of carboxylic acids is 1. The first kappa shape index (κ1) is 15.5. The van der Waals surface area contributed by atoms with Gasteiger partial charge in [0.05, 0.1) is 11.6 Å². The van der Waals surface area contributed by atoms with Crippen LogP contribution in [0.15, 0.2) is 21.1 Å². The van der Waals surface area contributed by atoms with Crippen molar-refractivity contribution in [2.75, 3.05) is 19.3 Å². The maximum Gasteiger partial charge on any atom is 0.307 e. The number of nitrogens with two attached hydrogens (primary N) is 1. The van der Waals surface area contributed by atoms with E-state index in [0.717, 1.165) is 14.5 Å². The highest BCUT2D eigenvalue weighted by atomic mass is 79.9. The Balaban J connectivity index is 2.76. The fraction of sp³-hybridized carbons (Fsp3) is 0.417. The number of rotatable bonds is 5. The second-order valence-corrected chi connectivity index (χ2v) is 6.17. The van der Waals surface area contributed by atoms with Gasteiger partial charge >= 0.3 is 5.97 Å². The highest BCUT2D eigenvalue weighted by Crippen LogP contribution is 2.28. The molecule has 1 rings (SSSR count). The van der Waals surface area contributed by atoms with Crippen LogP contribution in [-0.4, -0.2) is 29.6 Å². The predicted molar refractivity (Wildman–Crippen MR) is 79.4 cm³/mol. The molecule has 100 valence electrons. The summed E-state index contributed by atoms with van der Waals surface area (Å²) in [6.45, 7) is 2.79. The van der Waals surface area contributed by atoms with E-state index < -0.39 is 11.9 Å². The molecule has 1 aromatic rings. The lowest BCUT2D eigenvalue weighted by Gasteiger charge is -2.20. The first-order valence-electron chi connectivity index (χ1n) is 5.46. The van der Waals surface area contributed by atoms with E-state index in [1.807, 2.05) is 24.1 Å². The molecule has 0 spiro atoms. The molecule has 1 unspecified atom stereocenters.